The first kappa shape index (κ1) is 23.1. The molecule has 3 aromatic rings. The molecule has 0 saturated carbocycles. The first-order chi connectivity index (χ1) is 15.7. The predicted molar refractivity (Wildman–Crippen MR) is 123 cm³/mol. The normalized spacial score (nSPS) is 10.4. The molecule has 0 radical (unpaired) electrons. The smallest absolute Gasteiger partial charge is 0.343 e. The Bertz CT molecular complexity index is 979. The van der Waals surface area contributed by atoms with Gasteiger partial charge in [-0.25, -0.2) is 9.59 Å². The van der Waals surface area contributed by atoms with Crippen molar-refractivity contribution in [1.82, 2.24) is 0 Å². The van der Waals surface area contributed by atoms with Crippen molar-refractivity contribution in [3.8, 4) is 11.5 Å². The summed E-state index contributed by atoms with van der Waals surface area (Å²) in [7, 11) is 0. The van der Waals surface area contributed by atoms with Crippen molar-refractivity contribution in [2.45, 2.75) is 39.2 Å². The van der Waals surface area contributed by atoms with Gasteiger partial charge in [-0.15, -0.1) is 0 Å². The van der Waals surface area contributed by atoms with E-state index in [1.807, 2.05) is 30.3 Å². The average molecular weight is 433 g/mol. The van der Waals surface area contributed by atoms with E-state index < -0.39 is 11.9 Å². The van der Waals surface area contributed by atoms with Gasteiger partial charge in [0.1, 0.15) is 18.1 Å². The first-order valence-corrected chi connectivity index (χ1v) is 10.9. The number of unbranched alkanes of at least 4 members (excludes halogenated alkanes) is 3. The molecule has 0 atom stereocenters. The molecule has 0 heterocycles. The third-order valence-electron chi connectivity index (χ3n) is 4.87. The fourth-order valence-corrected chi connectivity index (χ4v) is 3.04. The van der Waals surface area contributed by atoms with Crippen LogP contribution in [0.1, 0.15) is 58.9 Å². The standard InChI is InChI=1S/C27H28O5/c1-2-3-4-8-19-30-24-15-11-23(12-16-24)27(29)32-25-17-13-22(14-18-25)26(28)31-20-21-9-6-5-7-10-21/h5-7,9-18H,2-4,8,19-20H2,1H3. The highest BCUT2D eigenvalue weighted by Gasteiger charge is 2.11. The van der Waals surface area contributed by atoms with Crippen LogP contribution in [0.25, 0.3) is 0 Å². The van der Waals surface area contributed by atoms with Crippen molar-refractivity contribution in [2.75, 3.05) is 6.61 Å². The van der Waals surface area contributed by atoms with Crippen molar-refractivity contribution in [2.24, 2.45) is 0 Å². The van der Waals surface area contributed by atoms with Crippen molar-refractivity contribution in [1.29, 1.82) is 0 Å². The van der Waals surface area contributed by atoms with Crippen LogP contribution in [0.2, 0.25) is 0 Å². The molecule has 0 N–H and O–H groups in total. The van der Waals surface area contributed by atoms with E-state index in [9.17, 15) is 9.59 Å². The second-order valence-corrected chi connectivity index (χ2v) is 7.41. The summed E-state index contributed by atoms with van der Waals surface area (Å²) >= 11 is 0. The Balaban J connectivity index is 1.47. The van der Waals surface area contributed by atoms with Crippen LogP contribution in [0.3, 0.4) is 0 Å². The molecule has 5 nitrogen and oxygen atoms in total. The number of hydrogen-bond donors (Lipinski definition) is 0. The minimum atomic E-state index is -0.473. The minimum absolute atomic E-state index is 0.203. The Morgan fingerprint density at radius 2 is 1.31 bits per heavy atom. The van der Waals surface area contributed by atoms with E-state index in [-0.39, 0.29) is 6.61 Å². The molecule has 0 bridgehead atoms. The van der Waals surface area contributed by atoms with Gasteiger partial charge in [0, 0.05) is 0 Å². The molecule has 32 heavy (non-hydrogen) atoms. The molecule has 166 valence electrons. The molecule has 0 fully saturated rings. The molecule has 0 unspecified atom stereocenters. The van der Waals surface area contributed by atoms with Gasteiger partial charge in [-0.05, 0) is 60.5 Å². The number of carbonyl (C=O) groups is 2. The van der Waals surface area contributed by atoms with E-state index >= 15 is 0 Å². The molecule has 0 saturated heterocycles. The average Bonchev–Trinajstić information content (AvgIpc) is 2.84. The summed E-state index contributed by atoms with van der Waals surface area (Å²) in [5, 5.41) is 0. The maximum absolute atomic E-state index is 12.4. The lowest BCUT2D eigenvalue weighted by Gasteiger charge is -2.08. The van der Waals surface area contributed by atoms with E-state index in [0.29, 0.717) is 23.5 Å². The highest BCUT2D eigenvalue weighted by Crippen LogP contribution is 2.18. The van der Waals surface area contributed by atoms with Crippen LogP contribution in [-0.2, 0) is 11.3 Å². The summed E-state index contributed by atoms with van der Waals surface area (Å²) in [5.41, 5.74) is 1.73. The first-order valence-electron chi connectivity index (χ1n) is 10.9. The van der Waals surface area contributed by atoms with E-state index in [1.165, 1.54) is 12.8 Å². The van der Waals surface area contributed by atoms with Crippen molar-refractivity contribution < 1.29 is 23.8 Å². The predicted octanol–water partition coefficient (Wildman–Crippen LogP) is 6.22. The molecular formula is C27H28O5. The van der Waals surface area contributed by atoms with Crippen molar-refractivity contribution in [3.05, 3.63) is 95.6 Å². The Hall–Kier alpha value is -3.60. The quantitative estimate of drug-likeness (QED) is 0.204. The Kier molecular flexibility index (Phi) is 8.87. The number of benzene rings is 3. The topological polar surface area (TPSA) is 61.8 Å². The van der Waals surface area contributed by atoms with Gasteiger partial charge in [-0.3, -0.25) is 0 Å². The maximum Gasteiger partial charge on any atom is 0.343 e. The lowest BCUT2D eigenvalue weighted by atomic mass is 10.2. The van der Waals surface area contributed by atoms with Crippen molar-refractivity contribution >= 4 is 11.9 Å². The van der Waals surface area contributed by atoms with Crippen LogP contribution in [0.5, 0.6) is 11.5 Å². The second-order valence-electron chi connectivity index (χ2n) is 7.41. The summed E-state index contributed by atoms with van der Waals surface area (Å²) in [4.78, 5) is 24.6. The highest BCUT2D eigenvalue weighted by atomic mass is 16.5. The fraction of sp³-hybridized carbons (Fsp3) is 0.259. The van der Waals surface area contributed by atoms with Crippen LogP contribution in [0, 0.1) is 0 Å². The molecule has 0 aliphatic heterocycles. The Labute approximate surface area is 188 Å². The zero-order valence-electron chi connectivity index (χ0n) is 18.3. The van der Waals surface area contributed by atoms with Gasteiger partial charge in [0.25, 0.3) is 0 Å². The third-order valence-corrected chi connectivity index (χ3v) is 4.87. The molecule has 3 rings (SSSR count). The van der Waals surface area contributed by atoms with Gasteiger partial charge >= 0.3 is 11.9 Å². The molecule has 0 aliphatic carbocycles. The molecular weight excluding hydrogens is 404 g/mol. The minimum Gasteiger partial charge on any atom is -0.494 e. The number of rotatable bonds is 11. The Morgan fingerprint density at radius 1 is 0.688 bits per heavy atom. The van der Waals surface area contributed by atoms with Gasteiger partial charge in [0.05, 0.1) is 17.7 Å². The zero-order valence-corrected chi connectivity index (χ0v) is 18.3. The summed E-state index contributed by atoms with van der Waals surface area (Å²) in [6, 6.07) is 22.7. The molecule has 0 aliphatic rings. The van der Waals surface area contributed by atoms with Gasteiger partial charge in [0.15, 0.2) is 0 Å². The number of carbonyl (C=O) groups excluding carboxylic acids is 2. The van der Waals surface area contributed by atoms with E-state index in [0.717, 1.165) is 24.2 Å². The largest absolute Gasteiger partial charge is 0.494 e. The highest BCUT2D eigenvalue weighted by molar-refractivity contribution is 5.92. The van der Waals surface area contributed by atoms with Gasteiger partial charge < -0.3 is 14.2 Å². The van der Waals surface area contributed by atoms with Crippen LogP contribution in [0.4, 0.5) is 0 Å². The SMILES string of the molecule is CCCCCCOc1ccc(C(=O)Oc2ccc(C(=O)OCc3ccccc3)cc2)cc1. The molecule has 0 amide bonds. The van der Waals surface area contributed by atoms with Crippen LogP contribution in [0.15, 0.2) is 78.9 Å². The maximum atomic E-state index is 12.4. The monoisotopic (exact) mass is 432 g/mol. The van der Waals surface area contributed by atoms with Gasteiger partial charge in [-0.1, -0.05) is 56.5 Å². The summed E-state index contributed by atoms with van der Waals surface area (Å²) in [6.45, 7) is 3.05. The molecule has 3 aromatic carbocycles. The number of ether oxygens (including phenoxy) is 3. The summed E-state index contributed by atoms with van der Waals surface area (Å²) < 4.78 is 16.4. The fourth-order valence-electron chi connectivity index (χ4n) is 3.04. The van der Waals surface area contributed by atoms with Crippen LogP contribution < -0.4 is 9.47 Å². The van der Waals surface area contributed by atoms with E-state index in [2.05, 4.69) is 6.92 Å². The van der Waals surface area contributed by atoms with Crippen LogP contribution in [-0.4, -0.2) is 18.5 Å². The van der Waals surface area contributed by atoms with Gasteiger partial charge in [-0.2, -0.15) is 0 Å². The summed E-state index contributed by atoms with van der Waals surface area (Å²) in [6.07, 6.45) is 4.58. The molecule has 0 spiro atoms. The van der Waals surface area contributed by atoms with Crippen molar-refractivity contribution in [3.63, 3.8) is 0 Å². The van der Waals surface area contributed by atoms with Gasteiger partial charge in [0.2, 0.25) is 0 Å². The second kappa shape index (κ2) is 12.3. The molecule has 5 heteroatoms. The molecule has 0 aromatic heterocycles. The van der Waals surface area contributed by atoms with E-state index in [1.54, 1.807) is 48.5 Å². The van der Waals surface area contributed by atoms with Crippen LogP contribution >= 0.6 is 0 Å². The van der Waals surface area contributed by atoms with E-state index in [4.69, 9.17) is 14.2 Å². The zero-order chi connectivity index (χ0) is 22.6. The third kappa shape index (κ3) is 7.27. The lowest BCUT2D eigenvalue weighted by Crippen LogP contribution is -2.09. The summed E-state index contributed by atoms with van der Waals surface area (Å²) in [5.74, 6) is 0.179. The Morgan fingerprint density at radius 3 is 1.97 bits per heavy atom. The lowest BCUT2D eigenvalue weighted by molar-refractivity contribution is 0.0472. The number of esters is 2. The number of hydrogen-bond acceptors (Lipinski definition) is 5.